The van der Waals surface area contributed by atoms with Crippen LogP contribution in [0.3, 0.4) is 0 Å². The molecule has 3 aromatic rings. The Morgan fingerprint density at radius 1 is 1.00 bits per heavy atom. The van der Waals surface area contributed by atoms with E-state index >= 15 is 0 Å². The fourth-order valence-corrected chi connectivity index (χ4v) is 5.29. The molecule has 0 spiro atoms. The van der Waals surface area contributed by atoms with Gasteiger partial charge < -0.3 is 10.1 Å². The molecule has 8 heteroatoms. The van der Waals surface area contributed by atoms with Gasteiger partial charge in [-0.25, -0.2) is 8.42 Å². The van der Waals surface area contributed by atoms with Crippen molar-refractivity contribution in [2.45, 2.75) is 17.6 Å². The van der Waals surface area contributed by atoms with Crippen LogP contribution in [0.2, 0.25) is 0 Å². The van der Waals surface area contributed by atoms with E-state index < -0.39 is 10.0 Å². The summed E-state index contributed by atoms with van der Waals surface area (Å²) in [7, 11) is -0.710. The molecule has 33 heavy (non-hydrogen) atoms. The summed E-state index contributed by atoms with van der Waals surface area (Å²) >= 11 is 1.77. The molecule has 0 saturated heterocycles. The second-order valence-electron chi connectivity index (χ2n) is 7.43. The Morgan fingerprint density at radius 2 is 1.67 bits per heavy atom. The van der Waals surface area contributed by atoms with Gasteiger partial charge in [0.15, 0.2) is 0 Å². The van der Waals surface area contributed by atoms with Gasteiger partial charge in [0.05, 0.1) is 17.7 Å². The molecule has 6 nitrogen and oxygen atoms in total. The molecule has 0 aliphatic carbocycles. The number of amides is 1. The zero-order valence-electron chi connectivity index (χ0n) is 18.9. The van der Waals surface area contributed by atoms with Gasteiger partial charge in [-0.15, -0.1) is 0 Å². The second kappa shape index (κ2) is 11.2. The highest BCUT2D eigenvalue weighted by Crippen LogP contribution is 2.24. The van der Waals surface area contributed by atoms with Crippen LogP contribution in [-0.2, 0) is 15.8 Å². The van der Waals surface area contributed by atoms with Gasteiger partial charge in [0.2, 0.25) is 0 Å². The van der Waals surface area contributed by atoms with Crippen molar-refractivity contribution >= 4 is 33.4 Å². The van der Waals surface area contributed by atoms with Gasteiger partial charge in [0, 0.05) is 30.7 Å². The minimum atomic E-state index is -3.72. The summed E-state index contributed by atoms with van der Waals surface area (Å²) in [6.07, 6.45) is 0. The largest absolute Gasteiger partial charge is 0.497 e. The van der Waals surface area contributed by atoms with Crippen molar-refractivity contribution in [3.8, 4) is 5.75 Å². The van der Waals surface area contributed by atoms with Gasteiger partial charge >= 0.3 is 0 Å². The minimum absolute atomic E-state index is 0.163. The Bertz CT molecular complexity index is 1180. The van der Waals surface area contributed by atoms with Crippen LogP contribution in [0.5, 0.6) is 5.75 Å². The van der Waals surface area contributed by atoms with E-state index in [9.17, 15) is 13.2 Å². The van der Waals surface area contributed by atoms with E-state index in [1.54, 1.807) is 48.2 Å². The number of hydrogen-bond acceptors (Lipinski definition) is 5. The van der Waals surface area contributed by atoms with Crippen LogP contribution in [0, 0.1) is 6.92 Å². The number of methoxy groups -OCH3 is 1. The maximum atomic E-state index is 12.9. The first kappa shape index (κ1) is 24.7. The van der Waals surface area contributed by atoms with Crippen LogP contribution in [0.25, 0.3) is 0 Å². The van der Waals surface area contributed by atoms with E-state index in [0.717, 1.165) is 11.5 Å². The third-order valence-corrected chi connectivity index (χ3v) is 8.07. The van der Waals surface area contributed by atoms with Gasteiger partial charge in [-0.1, -0.05) is 24.3 Å². The number of sulfonamides is 1. The molecule has 3 rings (SSSR count). The van der Waals surface area contributed by atoms with Crippen molar-refractivity contribution in [3.05, 3.63) is 89.5 Å². The summed E-state index contributed by atoms with van der Waals surface area (Å²) < 4.78 is 32.0. The SMILES string of the molecule is COc1ccc(S(=O)(=O)N(C)c2ccc(C(=O)NCCSCc3ccccc3C)cc2)cc1. The third kappa shape index (κ3) is 6.30. The molecule has 3 aromatic carbocycles. The highest BCUT2D eigenvalue weighted by molar-refractivity contribution is 7.98. The molecule has 1 N–H and O–H groups in total. The number of nitrogens with one attached hydrogen (secondary N) is 1. The van der Waals surface area contributed by atoms with E-state index in [-0.39, 0.29) is 10.8 Å². The Hall–Kier alpha value is -2.97. The van der Waals surface area contributed by atoms with Crippen molar-refractivity contribution in [1.82, 2.24) is 5.32 Å². The number of thioether (sulfide) groups is 1. The first-order valence-electron chi connectivity index (χ1n) is 10.5. The Morgan fingerprint density at radius 3 is 2.30 bits per heavy atom. The lowest BCUT2D eigenvalue weighted by Crippen LogP contribution is -2.27. The quantitative estimate of drug-likeness (QED) is 0.429. The first-order valence-corrected chi connectivity index (χ1v) is 13.1. The molecule has 0 bridgehead atoms. The zero-order chi connectivity index (χ0) is 23.8. The lowest BCUT2D eigenvalue weighted by atomic mass is 10.1. The number of aryl methyl sites for hydroxylation is 1. The fourth-order valence-electron chi connectivity index (χ4n) is 3.16. The topological polar surface area (TPSA) is 75.7 Å². The molecule has 174 valence electrons. The highest BCUT2D eigenvalue weighted by Gasteiger charge is 2.21. The summed E-state index contributed by atoms with van der Waals surface area (Å²) in [5.41, 5.74) is 3.53. The van der Waals surface area contributed by atoms with E-state index in [2.05, 4.69) is 24.4 Å². The predicted molar refractivity (Wildman–Crippen MR) is 135 cm³/mol. The highest BCUT2D eigenvalue weighted by atomic mass is 32.2. The molecule has 0 atom stereocenters. The van der Waals surface area contributed by atoms with Gasteiger partial charge in [-0.05, 0) is 66.6 Å². The van der Waals surface area contributed by atoms with Crippen molar-refractivity contribution in [2.24, 2.45) is 0 Å². The number of benzene rings is 3. The number of ether oxygens (including phenoxy) is 1. The van der Waals surface area contributed by atoms with E-state index in [1.807, 2.05) is 12.1 Å². The van der Waals surface area contributed by atoms with Crippen LogP contribution in [0.15, 0.2) is 77.7 Å². The fraction of sp³-hybridized carbons (Fsp3) is 0.240. The van der Waals surface area contributed by atoms with Crippen molar-refractivity contribution < 1.29 is 17.9 Å². The van der Waals surface area contributed by atoms with Crippen LogP contribution >= 0.6 is 11.8 Å². The van der Waals surface area contributed by atoms with Crippen LogP contribution < -0.4 is 14.4 Å². The summed E-state index contributed by atoms with van der Waals surface area (Å²) in [6.45, 7) is 2.66. The van der Waals surface area contributed by atoms with E-state index in [1.165, 1.54) is 41.7 Å². The molecular weight excluding hydrogens is 456 g/mol. The van der Waals surface area contributed by atoms with Gasteiger partial charge in [-0.3, -0.25) is 9.10 Å². The van der Waals surface area contributed by atoms with Crippen LogP contribution in [-0.4, -0.2) is 40.8 Å². The molecule has 0 aliphatic heterocycles. The Kier molecular flexibility index (Phi) is 8.41. The number of rotatable bonds is 10. The van der Waals surface area contributed by atoms with Gasteiger partial charge in [-0.2, -0.15) is 11.8 Å². The number of carbonyl (C=O) groups excluding carboxylic acids is 1. The zero-order valence-corrected chi connectivity index (χ0v) is 20.6. The average Bonchev–Trinajstić information content (AvgIpc) is 2.84. The van der Waals surface area contributed by atoms with Gasteiger partial charge in [0.25, 0.3) is 15.9 Å². The maximum Gasteiger partial charge on any atom is 0.264 e. The van der Waals surface area contributed by atoms with Crippen LogP contribution in [0.4, 0.5) is 5.69 Å². The van der Waals surface area contributed by atoms with E-state index in [0.29, 0.717) is 23.5 Å². The maximum absolute atomic E-state index is 12.9. The molecule has 0 unspecified atom stereocenters. The molecule has 0 saturated carbocycles. The smallest absolute Gasteiger partial charge is 0.264 e. The summed E-state index contributed by atoms with van der Waals surface area (Å²) in [5, 5.41) is 2.91. The second-order valence-corrected chi connectivity index (χ2v) is 10.5. The average molecular weight is 485 g/mol. The molecule has 0 fully saturated rings. The third-order valence-electron chi connectivity index (χ3n) is 5.26. The van der Waals surface area contributed by atoms with E-state index in [4.69, 9.17) is 4.74 Å². The summed E-state index contributed by atoms with van der Waals surface area (Å²) in [5.74, 6) is 2.12. The van der Waals surface area contributed by atoms with Crippen molar-refractivity contribution in [2.75, 3.05) is 30.8 Å². The number of carbonyl (C=O) groups is 1. The van der Waals surface area contributed by atoms with Crippen molar-refractivity contribution in [1.29, 1.82) is 0 Å². The molecular formula is C25H28N2O4S2. The first-order chi connectivity index (χ1) is 15.8. The van der Waals surface area contributed by atoms with Crippen LogP contribution in [0.1, 0.15) is 21.5 Å². The van der Waals surface area contributed by atoms with Gasteiger partial charge in [0.1, 0.15) is 5.75 Å². The van der Waals surface area contributed by atoms with Crippen molar-refractivity contribution in [3.63, 3.8) is 0 Å². The Labute approximate surface area is 200 Å². The number of nitrogens with zero attached hydrogens (tertiary/aromatic N) is 1. The lowest BCUT2D eigenvalue weighted by molar-refractivity contribution is 0.0956. The monoisotopic (exact) mass is 484 g/mol. The molecule has 0 heterocycles. The normalized spacial score (nSPS) is 11.1. The molecule has 1 amide bonds. The molecule has 0 aromatic heterocycles. The predicted octanol–water partition coefficient (Wildman–Crippen LogP) is 4.49. The Balaban J connectivity index is 1.53. The number of anilines is 1. The molecule has 0 radical (unpaired) electrons. The summed E-state index contributed by atoms with van der Waals surface area (Å²) in [6, 6.07) is 21.0. The lowest BCUT2D eigenvalue weighted by Gasteiger charge is -2.20. The molecule has 0 aliphatic rings. The summed E-state index contributed by atoms with van der Waals surface area (Å²) in [4.78, 5) is 12.6. The standard InChI is InChI=1S/C25H28N2O4S2/c1-19-6-4-5-7-21(19)18-32-17-16-26-25(28)20-8-10-22(11-9-20)27(2)33(29,30)24-14-12-23(31-3)13-15-24/h4-15H,16-18H2,1-3H3,(H,26,28). The number of hydrogen-bond donors (Lipinski definition) is 1. The minimum Gasteiger partial charge on any atom is -0.497 e.